The molecule has 1 atom stereocenters. The largest absolute Gasteiger partial charge is 0.493 e. The van der Waals surface area contributed by atoms with Crippen LogP contribution in [-0.2, 0) is 16.1 Å². The Kier molecular flexibility index (Phi) is 4.84. The number of carbonyl (C=O) groups excluding carboxylic acids is 3. The number of benzene rings is 2. The number of ether oxygens (including phenoxy) is 2. The molecule has 0 radical (unpaired) electrons. The van der Waals surface area contributed by atoms with E-state index in [0.29, 0.717) is 41.3 Å². The summed E-state index contributed by atoms with van der Waals surface area (Å²) in [5, 5.41) is 5.65. The van der Waals surface area contributed by atoms with E-state index >= 15 is 0 Å². The van der Waals surface area contributed by atoms with Crippen molar-refractivity contribution in [2.24, 2.45) is 0 Å². The lowest BCUT2D eigenvalue weighted by atomic mass is 10.1. The predicted molar refractivity (Wildman–Crippen MR) is 106 cm³/mol. The molecule has 1 fully saturated rings. The predicted octanol–water partition coefficient (Wildman–Crippen LogP) is 2.08. The van der Waals surface area contributed by atoms with Crippen molar-refractivity contribution in [3.05, 3.63) is 47.5 Å². The average Bonchev–Trinajstić information content (AvgIpc) is 3.13. The minimum Gasteiger partial charge on any atom is -0.493 e. The molecular formula is C21H21N3O5. The van der Waals surface area contributed by atoms with E-state index in [9.17, 15) is 14.4 Å². The van der Waals surface area contributed by atoms with Crippen LogP contribution in [0.1, 0.15) is 28.8 Å². The number of methoxy groups -OCH3 is 2. The molecule has 8 heteroatoms. The van der Waals surface area contributed by atoms with Gasteiger partial charge in [0.05, 0.1) is 25.6 Å². The van der Waals surface area contributed by atoms with Crippen molar-refractivity contribution in [3.8, 4) is 11.5 Å². The third kappa shape index (κ3) is 3.26. The minimum atomic E-state index is -0.463. The van der Waals surface area contributed by atoms with Gasteiger partial charge in [-0.15, -0.1) is 0 Å². The number of fused-ring (bicyclic) bond motifs is 3. The number of amides is 3. The van der Waals surface area contributed by atoms with Gasteiger partial charge < -0.3 is 20.1 Å². The van der Waals surface area contributed by atoms with Gasteiger partial charge in [0, 0.05) is 24.1 Å². The highest BCUT2D eigenvalue weighted by Crippen LogP contribution is 2.38. The molecule has 4 rings (SSSR count). The molecule has 1 unspecified atom stereocenters. The van der Waals surface area contributed by atoms with Gasteiger partial charge in [0.2, 0.25) is 11.8 Å². The van der Waals surface area contributed by atoms with Gasteiger partial charge in [-0.25, -0.2) is 0 Å². The Labute approximate surface area is 167 Å². The van der Waals surface area contributed by atoms with Crippen molar-refractivity contribution in [3.63, 3.8) is 0 Å². The maximum Gasteiger partial charge on any atom is 0.251 e. The SMILES string of the molecule is COc1cccc(CNC(=O)c2ccc3c(c2)NC(=O)C2CCC(=O)N32)c1OC. The normalized spacial score (nSPS) is 17.3. The summed E-state index contributed by atoms with van der Waals surface area (Å²) in [5.74, 6) is 0.546. The summed E-state index contributed by atoms with van der Waals surface area (Å²) in [6.45, 7) is 0.245. The quantitative estimate of drug-likeness (QED) is 0.808. The molecule has 2 aromatic rings. The first-order valence-electron chi connectivity index (χ1n) is 9.28. The molecule has 8 nitrogen and oxygen atoms in total. The number of para-hydroxylation sites is 1. The second-order valence-electron chi connectivity index (χ2n) is 6.87. The van der Waals surface area contributed by atoms with Crippen LogP contribution >= 0.6 is 0 Å². The number of hydrogen-bond donors (Lipinski definition) is 2. The maximum absolute atomic E-state index is 12.7. The summed E-state index contributed by atoms with van der Waals surface area (Å²) in [5.41, 5.74) is 2.25. The van der Waals surface area contributed by atoms with E-state index in [0.717, 1.165) is 5.56 Å². The molecular weight excluding hydrogens is 374 g/mol. The highest BCUT2D eigenvalue weighted by molar-refractivity contribution is 6.14. The van der Waals surface area contributed by atoms with Crippen LogP contribution < -0.4 is 25.0 Å². The van der Waals surface area contributed by atoms with E-state index in [-0.39, 0.29) is 24.3 Å². The smallest absolute Gasteiger partial charge is 0.251 e. The molecule has 2 N–H and O–H groups in total. The van der Waals surface area contributed by atoms with E-state index in [1.807, 2.05) is 12.1 Å². The number of rotatable bonds is 5. The van der Waals surface area contributed by atoms with Gasteiger partial charge in [-0.05, 0) is 30.7 Å². The summed E-state index contributed by atoms with van der Waals surface area (Å²) >= 11 is 0. The second kappa shape index (κ2) is 7.46. The Morgan fingerprint density at radius 2 is 2.03 bits per heavy atom. The van der Waals surface area contributed by atoms with Gasteiger partial charge in [-0.2, -0.15) is 0 Å². The minimum absolute atomic E-state index is 0.0755. The number of carbonyl (C=O) groups is 3. The fraction of sp³-hybridized carbons (Fsp3) is 0.286. The van der Waals surface area contributed by atoms with Gasteiger partial charge in [0.15, 0.2) is 11.5 Å². The molecule has 2 aromatic carbocycles. The zero-order valence-electron chi connectivity index (χ0n) is 16.2. The van der Waals surface area contributed by atoms with Crippen molar-refractivity contribution in [1.29, 1.82) is 0 Å². The third-order valence-corrected chi connectivity index (χ3v) is 5.21. The molecule has 2 aliphatic heterocycles. The highest BCUT2D eigenvalue weighted by atomic mass is 16.5. The standard InChI is InChI=1S/C21H21N3O5/c1-28-17-5-3-4-13(19(17)29-2)11-22-20(26)12-6-7-15-14(10-12)23-21(27)16-8-9-18(25)24(15)16/h3-7,10,16H,8-9,11H2,1-2H3,(H,22,26)(H,23,27). The Balaban J connectivity index is 1.53. The Bertz CT molecular complexity index is 1000. The fourth-order valence-corrected chi connectivity index (χ4v) is 3.81. The van der Waals surface area contributed by atoms with Gasteiger partial charge >= 0.3 is 0 Å². The summed E-state index contributed by atoms with van der Waals surface area (Å²) in [7, 11) is 3.10. The van der Waals surface area contributed by atoms with Crippen LogP contribution in [0.4, 0.5) is 11.4 Å². The number of nitrogens with one attached hydrogen (secondary N) is 2. The van der Waals surface area contributed by atoms with Crippen LogP contribution in [0.3, 0.4) is 0 Å². The van der Waals surface area contributed by atoms with Gasteiger partial charge in [-0.3, -0.25) is 19.3 Å². The van der Waals surface area contributed by atoms with Gasteiger partial charge in [0.25, 0.3) is 5.91 Å². The lowest BCUT2D eigenvalue weighted by molar-refractivity contribution is -0.120. The van der Waals surface area contributed by atoms with E-state index < -0.39 is 6.04 Å². The molecule has 3 amide bonds. The molecule has 0 aliphatic carbocycles. The van der Waals surface area contributed by atoms with Crippen LogP contribution in [0, 0.1) is 0 Å². The summed E-state index contributed by atoms with van der Waals surface area (Å²) in [4.78, 5) is 38.6. The molecule has 2 heterocycles. The molecule has 2 aliphatic rings. The van der Waals surface area contributed by atoms with E-state index in [2.05, 4.69) is 10.6 Å². The zero-order valence-corrected chi connectivity index (χ0v) is 16.2. The van der Waals surface area contributed by atoms with Crippen molar-refractivity contribution in [2.45, 2.75) is 25.4 Å². The van der Waals surface area contributed by atoms with Crippen molar-refractivity contribution < 1.29 is 23.9 Å². The maximum atomic E-state index is 12.7. The highest BCUT2D eigenvalue weighted by Gasteiger charge is 2.41. The molecule has 1 saturated heterocycles. The summed E-state index contributed by atoms with van der Waals surface area (Å²) in [6, 6.07) is 9.92. The van der Waals surface area contributed by atoms with E-state index in [4.69, 9.17) is 9.47 Å². The first kappa shape index (κ1) is 18.8. The molecule has 0 aromatic heterocycles. The average molecular weight is 395 g/mol. The van der Waals surface area contributed by atoms with Crippen molar-refractivity contribution in [1.82, 2.24) is 5.32 Å². The van der Waals surface area contributed by atoms with Crippen molar-refractivity contribution >= 4 is 29.1 Å². The molecule has 0 bridgehead atoms. The molecule has 150 valence electrons. The van der Waals surface area contributed by atoms with Crippen LogP contribution in [0.2, 0.25) is 0 Å². The monoisotopic (exact) mass is 395 g/mol. The Hall–Kier alpha value is -3.55. The lowest BCUT2D eigenvalue weighted by Crippen LogP contribution is -2.45. The summed E-state index contributed by atoms with van der Waals surface area (Å²) < 4.78 is 10.7. The van der Waals surface area contributed by atoms with Gasteiger partial charge in [-0.1, -0.05) is 12.1 Å². The number of hydrogen-bond acceptors (Lipinski definition) is 5. The Morgan fingerprint density at radius 3 is 2.79 bits per heavy atom. The Morgan fingerprint density at radius 1 is 1.21 bits per heavy atom. The zero-order chi connectivity index (χ0) is 20.5. The van der Waals surface area contributed by atoms with Crippen molar-refractivity contribution in [2.75, 3.05) is 24.4 Å². The third-order valence-electron chi connectivity index (χ3n) is 5.21. The van der Waals surface area contributed by atoms with Crippen LogP contribution in [0.25, 0.3) is 0 Å². The summed E-state index contributed by atoms with van der Waals surface area (Å²) in [6.07, 6.45) is 0.858. The topological polar surface area (TPSA) is 97.0 Å². The van der Waals surface area contributed by atoms with Gasteiger partial charge in [0.1, 0.15) is 6.04 Å². The van der Waals surface area contributed by atoms with Crippen LogP contribution in [0.15, 0.2) is 36.4 Å². The fourth-order valence-electron chi connectivity index (χ4n) is 3.81. The first-order chi connectivity index (χ1) is 14.0. The van der Waals surface area contributed by atoms with Crippen LogP contribution in [-0.4, -0.2) is 38.0 Å². The molecule has 29 heavy (non-hydrogen) atoms. The van der Waals surface area contributed by atoms with Crippen LogP contribution in [0.5, 0.6) is 11.5 Å². The number of nitrogens with zero attached hydrogens (tertiary/aromatic N) is 1. The molecule has 0 spiro atoms. The second-order valence-corrected chi connectivity index (χ2v) is 6.87. The van der Waals surface area contributed by atoms with E-state index in [1.165, 1.54) is 4.90 Å². The lowest BCUT2D eigenvalue weighted by Gasteiger charge is -2.31. The number of anilines is 2. The molecule has 0 saturated carbocycles. The van der Waals surface area contributed by atoms with E-state index in [1.54, 1.807) is 38.5 Å². The first-order valence-corrected chi connectivity index (χ1v) is 9.28.